The molecule has 4 aromatic rings. The van der Waals surface area contributed by atoms with Crippen molar-refractivity contribution in [3.8, 4) is 0 Å². The zero-order valence-electron chi connectivity index (χ0n) is 26.1. The van der Waals surface area contributed by atoms with E-state index in [1.165, 1.54) is 11.0 Å². The second kappa shape index (κ2) is 14.8. The molecule has 1 aromatic heterocycles. The molecule has 252 valence electrons. The zero-order valence-corrected chi connectivity index (χ0v) is 29.3. The van der Waals surface area contributed by atoms with E-state index >= 15 is 0 Å². The quantitative estimate of drug-likeness (QED) is 0.191. The summed E-state index contributed by atoms with van der Waals surface area (Å²) in [7, 11) is 0. The molecule has 0 unspecified atom stereocenters. The Morgan fingerprint density at radius 2 is 1.73 bits per heavy atom. The molecular formula is C35H34Br2F3N5O3. The Kier molecular flexibility index (Phi) is 10.6. The van der Waals surface area contributed by atoms with Gasteiger partial charge in [0.2, 0.25) is 5.95 Å². The third kappa shape index (κ3) is 7.95. The summed E-state index contributed by atoms with van der Waals surface area (Å²) < 4.78 is 55.0. The van der Waals surface area contributed by atoms with Crippen LogP contribution in [0.3, 0.4) is 0 Å². The predicted octanol–water partition coefficient (Wildman–Crippen LogP) is 8.93. The minimum Gasteiger partial charge on any atom is -0.444 e. The van der Waals surface area contributed by atoms with E-state index in [-0.39, 0.29) is 12.6 Å². The van der Waals surface area contributed by atoms with E-state index < -0.39 is 23.9 Å². The van der Waals surface area contributed by atoms with Crippen molar-refractivity contribution in [1.82, 2.24) is 9.97 Å². The lowest BCUT2D eigenvalue weighted by Gasteiger charge is -2.40. The van der Waals surface area contributed by atoms with Gasteiger partial charge in [-0.1, -0.05) is 69.1 Å². The van der Waals surface area contributed by atoms with E-state index in [1.54, 1.807) is 6.20 Å². The fraction of sp³-hybridized carbons (Fsp3) is 0.343. The van der Waals surface area contributed by atoms with Crippen molar-refractivity contribution in [2.75, 3.05) is 41.4 Å². The van der Waals surface area contributed by atoms with Gasteiger partial charge in [-0.25, -0.2) is 14.8 Å². The Morgan fingerprint density at radius 1 is 1.00 bits per heavy atom. The zero-order chi connectivity index (χ0) is 33.8. The maximum atomic E-state index is 14.0. The van der Waals surface area contributed by atoms with Crippen LogP contribution in [0, 0.1) is 0 Å². The van der Waals surface area contributed by atoms with Gasteiger partial charge in [0.15, 0.2) is 0 Å². The molecule has 0 radical (unpaired) electrons. The number of benzene rings is 3. The lowest BCUT2D eigenvalue weighted by molar-refractivity contribution is -0.137. The molecule has 3 heterocycles. The van der Waals surface area contributed by atoms with Gasteiger partial charge in [0.1, 0.15) is 6.61 Å². The summed E-state index contributed by atoms with van der Waals surface area (Å²) in [6.07, 6.45) is -2.03. The van der Waals surface area contributed by atoms with E-state index in [9.17, 15) is 18.0 Å². The molecule has 0 bridgehead atoms. The van der Waals surface area contributed by atoms with Gasteiger partial charge in [0.25, 0.3) is 0 Å². The number of carbonyl (C=O) groups excluding carboxylic acids is 1. The van der Waals surface area contributed by atoms with E-state index in [0.717, 1.165) is 43.6 Å². The molecule has 2 aliphatic heterocycles. The summed E-state index contributed by atoms with van der Waals surface area (Å²) in [6.45, 7) is 4.54. The fourth-order valence-corrected chi connectivity index (χ4v) is 7.58. The van der Waals surface area contributed by atoms with Crippen LogP contribution in [0.4, 0.5) is 35.3 Å². The number of nitrogens with zero attached hydrogens (tertiary/aromatic N) is 4. The number of morpholine rings is 1. The Labute approximate surface area is 293 Å². The molecule has 2 aliphatic rings. The van der Waals surface area contributed by atoms with Gasteiger partial charge in [-0.3, -0.25) is 4.90 Å². The summed E-state index contributed by atoms with van der Waals surface area (Å²) in [5.41, 5.74) is 3.37. The van der Waals surface area contributed by atoms with Gasteiger partial charge in [0, 0.05) is 34.5 Å². The third-order valence-electron chi connectivity index (χ3n) is 8.53. The first-order valence-corrected chi connectivity index (χ1v) is 17.3. The molecule has 13 heteroatoms. The molecule has 1 amide bonds. The lowest BCUT2D eigenvalue weighted by Crippen LogP contribution is -2.46. The van der Waals surface area contributed by atoms with Crippen molar-refractivity contribution >= 4 is 55.3 Å². The topological polar surface area (TPSA) is 79.8 Å². The van der Waals surface area contributed by atoms with Crippen molar-refractivity contribution in [3.63, 3.8) is 0 Å². The first kappa shape index (κ1) is 34.2. The van der Waals surface area contributed by atoms with Crippen LogP contribution in [0.5, 0.6) is 0 Å². The van der Waals surface area contributed by atoms with Gasteiger partial charge < -0.3 is 19.7 Å². The van der Waals surface area contributed by atoms with Crippen molar-refractivity contribution < 1.29 is 27.4 Å². The van der Waals surface area contributed by atoms with Gasteiger partial charge in [-0.2, -0.15) is 13.2 Å². The predicted molar refractivity (Wildman–Crippen MR) is 185 cm³/mol. The highest BCUT2D eigenvalue weighted by molar-refractivity contribution is 9.11. The highest BCUT2D eigenvalue weighted by atomic mass is 79.9. The normalized spacial score (nSPS) is 18.0. The molecule has 0 aliphatic carbocycles. The summed E-state index contributed by atoms with van der Waals surface area (Å²) in [4.78, 5) is 26.8. The van der Waals surface area contributed by atoms with Gasteiger partial charge >= 0.3 is 12.3 Å². The van der Waals surface area contributed by atoms with E-state index in [0.29, 0.717) is 62.8 Å². The van der Waals surface area contributed by atoms with E-state index in [1.807, 2.05) is 55.5 Å². The molecular weight excluding hydrogens is 755 g/mol. The minimum atomic E-state index is -4.57. The maximum absolute atomic E-state index is 14.0. The molecule has 3 aromatic carbocycles. The number of nitrogens with one attached hydrogen (secondary N) is 1. The molecule has 8 nitrogen and oxygen atoms in total. The van der Waals surface area contributed by atoms with Crippen LogP contribution in [0.1, 0.15) is 53.8 Å². The van der Waals surface area contributed by atoms with Crippen LogP contribution in [0.15, 0.2) is 81.9 Å². The highest BCUT2D eigenvalue weighted by Crippen LogP contribution is 2.43. The highest BCUT2D eigenvalue weighted by Gasteiger charge is 2.39. The molecule has 1 saturated heterocycles. The second-order valence-corrected chi connectivity index (χ2v) is 13.6. The number of ether oxygens (including phenoxy) is 2. The fourth-order valence-electron chi connectivity index (χ4n) is 6.19. The summed E-state index contributed by atoms with van der Waals surface area (Å²) in [6, 6.07) is 17.8. The number of halogens is 5. The molecule has 0 spiro atoms. The van der Waals surface area contributed by atoms with Crippen molar-refractivity contribution in [1.29, 1.82) is 0 Å². The average molecular weight is 789 g/mol. The number of amides is 1. The van der Waals surface area contributed by atoms with Crippen molar-refractivity contribution in [3.05, 3.63) is 110 Å². The van der Waals surface area contributed by atoms with Crippen LogP contribution >= 0.6 is 31.9 Å². The average Bonchev–Trinajstić information content (AvgIpc) is 3.07. The van der Waals surface area contributed by atoms with Gasteiger partial charge in [0.05, 0.1) is 48.1 Å². The molecule has 48 heavy (non-hydrogen) atoms. The molecule has 6 rings (SSSR count). The van der Waals surface area contributed by atoms with Crippen LogP contribution in [0.25, 0.3) is 0 Å². The third-order valence-corrected chi connectivity index (χ3v) is 9.45. The van der Waals surface area contributed by atoms with Crippen molar-refractivity contribution in [2.24, 2.45) is 0 Å². The first-order valence-electron chi connectivity index (χ1n) is 15.7. The largest absolute Gasteiger partial charge is 0.444 e. The van der Waals surface area contributed by atoms with Gasteiger partial charge in [-0.15, -0.1) is 0 Å². The van der Waals surface area contributed by atoms with Crippen LogP contribution in [-0.2, 0) is 28.7 Å². The number of hydrogen-bond donors (Lipinski definition) is 1. The number of aromatic nitrogens is 2. The lowest BCUT2D eigenvalue weighted by atomic mass is 9.89. The Hall–Kier alpha value is -3.68. The SMILES string of the molecule is CC[C@@H]1C[C@H](Nc2ncc(N3CCOCC3)c(Cc3cc(Br)cc(Br)c3)n2)c2cc(C(F)(F)F)ccc2N1C(=O)OCc1ccccc1. The number of anilines is 3. The van der Waals surface area contributed by atoms with E-state index in [4.69, 9.17) is 14.5 Å². The molecule has 2 atom stereocenters. The molecule has 1 fully saturated rings. The number of rotatable bonds is 8. The van der Waals surface area contributed by atoms with Crippen LogP contribution < -0.4 is 15.1 Å². The van der Waals surface area contributed by atoms with Crippen molar-refractivity contribution in [2.45, 2.75) is 51.1 Å². The Morgan fingerprint density at radius 3 is 2.42 bits per heavy atom. The number of hydrogen-bond acceptors (Lipinski definition) is 7. The Bertz CT molecular complexity index is 1740. The Balaban J connectivity index is 1.34. The van der Waals surface area contributed by atoms with Crippen LogP contribution in [-0.4, -0.2) is 48.4 Å². The standard InChI is InChI=1S/C35H34Br2F3N5O3/c1-2-27-19-29(28-17-24(35(38,39)40)8-9-31(28)45(27)34(46)48-21-22-6-4-3-5-7-22)42-33-41-20-32(44-10-12-47-13-11-44)30(43-33)16-23-14-25(36)18-26(37)15-23/h3-9,14-15,17-18,20,27,29H,2,10-13,16,19,21H2,1H3,(H,41,42,43)/t27-,29+/m1/s1. The maximum Gasteiger partial charge on any atom is 0.416 e. The summed E-state index contributed by atoms with van der Waals surface area (Å²) in [5, 5.41) is 3.35. The van der Waals surface area contributed by atoms with E-state index in [2.05, 4.69) is 47.1 Å². The van der Waals surface area contributed by atoms with Gasteiger partial charge in [-0.05, 0) is 65.9 Å². The molecule has 1 N–H and O–H groups in total. The van der Waals surface area contributed by atoms with Crippen LogP contribution in [0.2, 0.25) is 0 Å². The first-order chi connectivity index (χ1) is 23.1. The second-order valence-electron chi connectivity index (χ2n) is 11.8. The summed E-state index contributed by atoms with van der Waals surface area (Å²) in [5.74, 6) is 0.291. The number of carbonyl (C=O) groups is 1. The number of fused-ring (bicyclic) bond motifs is 1. The monoisotopic (exact) mass is 787 g/mol. The summed E-state index contributed by atoms with van der Waals surface area (Å²) >= 11 is 7.13. The number of alkyl halides is 3. The smallest absolute Gasteiger partial charge is 0.416 e. The molecule has 0 saturated carbocycles. The minimum absolute atomic E-state index is 0.0465.